The average Bonchev–Trinajstić information content (AvgIpc) is 2.50. The third-order valence-corrected chi connectivity index (χ3v) is 3.75. The molecule has 0 saturated carbocycles. The Kier molecular flexibility index (Phi) is 5.59. The second-order valence-electron chi connectivity index (χ2n) is 5.65. The number of unbranched alkanes of at least 4 members (excludes halogenated alkanes) is 1. The Morgan fingerprint density at radius 3 is 2.18 bits per heavy atom. The predicted molar refractivity (Wildman–Crippen MR) is 93.6 cm³/mol. The molecule has 0 aliphatic rings. The van der Waals surface area contributed by atoms with Crippen LogP contribution in [0, 0.1) is 13.8 Å². The van der Waals surface area contributed by atoms with E-state index in [1.807, 2.05) is 44.2 Å². The van der Waals surface area contributed by atoms with Crippen molar-refractivity contribution in [3.05, 3.63) is 59.2 Å². The van der Waals surface area contributed by atoms with Gasteiger partial charge >= 0.3 is 6.03 Å². The lowest BCUT2D eigenvalue weighted by molar-refractivity contribution is 0.262. The molecule has 116 valence electrons. The number of rotatable bonds is 5. The van der Waals surface area contributed by atoms with E-state index in [-0.39, 0.29) is 6.03 Å². The van der Waals surface area contributed by atoms with E-state index in [0.29, 0.717) is 0 Å². The van der Waals surface area contributed by atoms with Gasteiger partial charge in [0.15, 0.2) is 0 Å². The zero-order valence-electron chi connectivity index (χ0n) is 13.6. The molecule has 0 saturated heterocycles. The Morgan fingerprint density at radius 1 is 0.955 bits per heavy atom. The predicted octanol–water partition coefficient (Wildman–Crippen LogP) is 5.29. The number of carbonyl (C=O) groups is 1. The van der Waals surface area contributed by atoms with Crippen LogP contribution in [0.25, 0.3) is 0 Å². The maximum absolute atomic E-state index is 12.1. The Labute approximate surface area is 132 Å². The number of hydrogen-bond donors (Lipinski definition) is 2. The number of aryl methyl sites for hydroxylation is 3. The van der Waals surface area contributed by atoms with Gasteiger partial charge < -0.3 is 10.6 Å². The maximum atomic E-state index is 12.1. The molecule has 0 spiro atoms. The lowest BCUT2D eigenvalue weighted by Gasteiger charge is -2.12. The Bertz CT molecular complexity index is 612. The molecular weight excluding hydrogens is 272 g/mol. The van der Waals surface area contributed by atoms with Crippen molar-refractivity contribution in [2.75, 3.05) is 10.6 Å². The van der Waals surface area contributed by atoms with E-state index < -0.39 is 0 Å². The van der Waals surface area contributed by atoms with Gasteiger partial charge in [-0.1, -0.05) is 43.7 Å². The van der Waals surface area contributed by atoms with Gasteiger partial charge in [0.1, 0.15) is 0 Å². The summed E-state index contributed by atoms with van der Waals surface area (Å²) >= 11 is 0. The number of anilines is 2. The van der Waals surface area contributed by atoms with Crippen molar-refractivity contribution in [3.8, 4) is 0 Å². The van der Waals surface area contributed by atoms with E-state index in [2.05, 4.69) is 29.7 Å². The molecule has 3 nitrogen and oxygen atoms in total. The highest BCUT2D eigenvalue weighted by atomic mass is 16.2. The van der Waals surface area contributed by atoms with Gasteiger partial charge in [0, 0.05) is 11.4 Å². The molecule has 0 aliphatic carbocycles. The van der Waals surface area contributed by atoms with E-state index in [0.717, 1.165) is 28.9 Å². The standard InChI is InChI=1S/C19H24N2O/c1-4-5-9-16-10-12-17(13-11-16)20-19(22)21-18-14(2)7-6-8-15(18)3/h6-8,10-13H,4-5,9H2,1-3H3,(H2,20,21,22). The summed E-state index contributed by atoms with van der Waals surface area (Å²) in [7, 11) is 0. The van der Waals surface area contributed by atoms with Crippen molar-refractivity contribution in [1.82, 2.24) is 0 Å². The van der Waals surface area contributed by atoms with Crippen LogP contribution >= 0.6 is 0 Å². The van der Waals surface area contributed by atoms with Gasteiger partial charge in [0.2, 0.25) is 0 Å². The van der Waals surface area contributed by atoms with Crippen molar-refractivity contribution < 1.29 is 4.79 Å². The number of urea groups is 1. The smallest absolute Gasteiger partial charge is 0.308 e. The molecular formula is C19H24N2O. The van der Waals surface area contributed by atoms with Crippen LogP contribution in [0.1, 0.15) is 36.5 Å². The summed E-state index contributed by atoms with van der Waals surface area (Å²) in [6.45, 7) is 6.17. The zero-order valence-corrected chi connectivity index (χ0v) is 13.6. The SMILES string of the molecule is CCCCc1ccc(NC(=O)Nc2c(C)cccc2C)cc1. The van der Waals surface area contributed by atoms with Crippen LogP contribution in [0.4, 0.5) is 16.2 Å². The van der Waals surface area contributed by atoms with E-state index >= 15 is 0 Å². The van der Waals surface area contributed by atoms with Crippen LogP contribution in [0.3, 0.4) is 0 Å². The Morgan fingerprint density at radius 2 is 1.59 bits per heavy atom. The summed E-state index contributed by atoms with van der Waals surface area (Å²) in [5.41, 5.74) is 5.11. The quantitative estimate of drug-likeness (QED) is 0.773. The fourth-order valence-electron chi connectivity index (χ4n) is 2.42. The first-order chi connectivity index (χ1) is 10.6. The molecule has 0 bridgehead atoms. The summed E-state index contributed by atoms with van der Waals surface area (Å²) in [4.78, 5) is 12.1. The molecule has 2 rings (SSSR count). The molecule has 0 unspecified atom stereocenters. The number of nitrogens with one attached hydrogen (secondary N) is 2. The molecule has 0 atom stereocenters. The molecule has 0 aliphatic heterocycles. The second-order valence-corrected chi connectivity index (χ2v) is 5.65. The van der Waals surface area contributed by atoms with Gasteiger partial charge in [-0.3, -0.25) is 0 Å². The third-order valence-electron chi connectivity index (χ3n) is 3.75. The summed E-state index contributed by atoms with van der Waals surface area (Å²) in [6, 6.07) is 13.8. The second kappa shape index (κ2) is 7.64. The summed E-state index contributed by atoms with van der Waals surface area (Å²) < 4.78 is 0. The minimum atomic E-state index is -0.210. The molecule has 0 radical (unpaired) electrons. The Hall–Kier alpha value is -2.29. The van der Waals surface area contributed by atoms with Crippen LogP contribution in [-0.2, 0) is 6.42 Å². The number of benzene rings is 2. The van der Waals surface area contributed by atoms with Gasteiger partial charge in [-0.05, 0) is 55.5 Å². The van der Waals surface area contributed by atoms with E-state index in [1.54, 1.807) is 0 Å². The van der Waals surface area contributed by atoms with E-state index in [9.17, 15) is 4.79 Å². The van der Waals surface area contributed by atoms with Crippen molar-refractivity contribution in [2.45, 2.75) is 40.0 Å². The van der Waals surface area contributed by atoms with E-state index in [4.69, 9.17) is 0 Å². The van der Waals surface area contributed by atoms with E-state index in [1.165, 1.54) is 18.4 Å². The minimum Gasteiger partial charge on any atom is -0.308 e. The van der Waals surface area contributed by atoms with Crippen LogP contribution in [0.5, 0.6) is 0 Å². The summed E-state index contributed by atoms with van der Waals surface area (Å²) in [6.07, 6.45) is 3.48. The molecule has 2 aromatic rings. The normalized spacial score (nSPS) is 10.3. The van der Waals surface area contributed by atoms with Gasteiger partial charge in [0.05, 0.1) is 0 Å². The summed E-state index contributed by atoms with van der Waals surface area (Å²) in [5.74, 6) is 0. The molecule has 2 N–H and O–H groups in total. The molecule has 0 aromatic heterocycles. The van der Waals surface area contributed by atoms with Gasteiger partial charge in [-0.15, -0.1) is 0 Å². The van der Waals surface area contributed by atoms with Crippen molar-refractivity contribution in [1.29, 1.82) is 0 Å². The van der Waals surface area contributed by atoms with Gasteiger partial charge in [-0.2, -0.15) is 0 Å². The highest BCUT2D eigenvalue weighted by molar-refractivity contribution is 6.00. The lowest BCUT2D eigenvalue weighted by atomic mass is 10.1. The fourth-order valence-corrected chi connectivity index (χ4v) is 2.42. The number of para-hydroxylation sites is 1. The topological polar surface area (TPSA) is 41.1 Å². The van der Waals surface area contributed by atoms with Gasteiger partial charge in [0.25, 0.3) is 0 Å². The van der Waals surface area contributed by atoms with Crippen LogP contribution in [0.2, 0.25) is 0 Å². The first kappa shape index (κ1) is 16.1. The van der Waals surface area contributed by atoms with Crippen LogP contribution in [0.15, 0.2) is 42.5 Å². The lowest BCUT2D eigenvalue weighted by Crippen LogP contribution is -2.20. The molecule has 3 heteroatoms. The monoisotopic (exact) mass is 296 g/mol. The molecule has 2 amide bonds. The fraction of sp³-hybridized carbons (Fsp3) is 0.316. The first-order valence-electron chi connectivity index (χ1n) is 7.83. The average molecular weight is 296 g/mol. The zero-order chi connectivity index (χ0) is 15.9. The molecule has 2 aromatic carbocycles. The van der Waals surface area contributed by atoms with Crippen molar-refractivity contribution in [3.63, 3.8) is 0 Å². The van der Waals surface area contributed by atoms with Crippen molar-refractivity contribution >= 4 is 17.4 Å². The third kappa shape index (κ3) is 4.35. The van der Waals surface area contributed by atoms with Crippen LogP contribution < -0.4 is 10.6 Å². The highest BCUT2D eigenvalue weighted by Gasteiger charge is 2.07. The van der Waals surface area contributed by atoms with Crippen LogP contribution in [-0.4, -0.2) is 6.03 Å². The molecule has 0 fully saturated rings. The Balaban J connectivity index is 1.97. The first-order valence-corrected chi connectivity index (χ1v) is 7.83. The number of carbonyl (C=O) groups excluding carboxylic acids is 1. The van der Waals surface area contributed by atoms with Crippen molar-refractivity contribution in [2.24, 2.45) is 0 Å². The molecule has 0 heterocycles. The number of amides is 2. The number of hydrogen-bond acceptors (Lipinski definition) is 1. The van der Waals surface area contributed by atoms with Gasteiger partial charge in [-0.25, -0.2) is 4.79 Å². The largest absolute Gasteiger partial charge is 0.323 e. The minimum absolute atomic E-state index is 0.210. The highest BCUT2D eigenvalue weighted by Crippen LogP contribution is 2.20. The molecule has 22 heavy (non-hydrogen) atoms. The summed E-state index contributed by atoms with van der Waals surface area (Å²) in [5, 5.41) is 5.80. The maximum Gasteiger partial charge on any atom is 0.323 e.